The van der Waals surface area contributed by atoms with Crippen molar-refractivity contribution in [3.05, 3.63) is 0 Å². The number of rotatable bonds is 15. The Morgan fingerprint density at radius 1 is 0.900 bits per heavy atom. The molecule has 120 valence electrons. The zero-order valence-electron chi connectivity index (χ0n) is 12.9. The van der Waals surface area contributed by atoms with E-state index in [2.05, 4.69) is 17.6 Å². The molecule has 1 amide bonds. The summed E-state index contributed by atoms with van der Waals surface area (Å²) >= 11 is 0. The van der Waals surface area contributed by atoms with E-state index in [4.69, 9.17) is 14.2 Å². The Bertz CT molecular complexity index is 215. The number of carbonyl (C=O) groups is 1. The maximum Gasteiger partial charge on any atom is 0.220 e. The smallest absolute Gasteiger partial charge is 0.220 e. The van der Waals surface area contributed by atoms with Gasteiger partial charge in [0.05, 0.1) is 39.6 Å². The van der Waals surface area contributed by atoms with Crippen molar-refractivity contribution in [2.75, 3.05) is 59.8 Å². The highest BCUT2D eigenvalue weighted by Crippen LogP contribution is 1.92. The van der Waals surface area contributed by atoms with Crippen LogP contribution in [0.15, 0.2) is 0 Å². The van der Waals surface area contributed by atoms with Crippen LogP contribution in [0.25, 0.3) is 0 Å². The van der Waals surface area contributed by atoms with E-state index in [9.17, 15) is 4.79 Å². The Kier molecular flexibility index (Phi) is 15.8. The Hall–Kier alpha value is -0.690. The van der Waals surface area contributed by atoms with Gasteiger partial charge in [0.25, 0.3) is 0 Å². The molecule has 0 rings (SSSR count). The van der Waals surface area contributed by atoms with Crippen LogP contribution in [0.5, 0.6) is 0 Å². The van der Waals surface area contributed by atoms with E-state index in [0.717, 1.165) is 19.4 Å². The van der Waals surface area contributed by atoms with Gasteiger partial charge in [-0.3, -0.25) is 4.79 Å². The number of likely N-dealkylation sites (N-methyl/N-ethyl adjacent to an activating group) is 1. The van der Waals surface area contributed by atoms with E-state index < -0.39 is 0 Å². The lowest BCUT2D eigenvalue weighted by Crippen LogP contribution is -2.27. The van der Waals surface area contributed by atoms with Gasteiger partial charge < -0.3 is 24.8 Å². The van der Waals surface area contributed by atoms with Crippen LogP contribution < -0.4 is 10.6 Å². The molecule has 0 aromatic carbocycles. The monoisotopic (exact) mass is 290 g/mol. The van der Waals surface area contributed by atoms with Crippen molar-refractivity contribution in [3.8, 4) is 0 Å². The lowest BCUT2D eigenvalue weighted by Gasteiger charge is -2.07. The molecule has 0 atom stereocenters. The van der Waals surface area contributed by atoms with Gasteiger partial charge >= 0.3 is 0 Å². The van der Waals surface area contributed by atoms with Crippen molar-refractivity contribution in [2.24, 2.45) is 0 Å². The fourth-order valence-electron chi connectivity index (χ4n) is 1.40. The predicted octanol–water partition coefficient (Wildman–Crippen LogP) is 0.562. The van der Waals surface area contributed by atoms with E-state index >= 15 is 0 Å². The van der Waals surface area contributed by atoms with Crippen molar-refractivity contribution >= 4 is 5.91 Å². The van der Waals surface area contributed by atoms with Crippen LogP contribution in [0.4, 0.5) is 0 Å². The molecule has 0 unspecified atom stereocenters. The summed E-state index contributed by atoms with van der Waals surface area (Å²) in [6, 6.07) is 0. The molecule has 2 N–H and O–H groups in total. The van der Waals surface area contributed by atoms with E-state index in [1.165, 1.54) is 0 Å². The number of hydrogen-bond donors (Lipinski definition) is 2. The molecule has 0 fully saturated rings. The molecule has 0 aromatic heterocycles. The summed E-state index contributed by atoms with van der Waals surface area (Å²) in [7, 11) is 1.89. The second-order valence-corrected chi connectivity index (χ2v) is 4.39. The lowest BCUT2D eigenvalue weighted by molar-refractivity contribution is -0.121. The number of carbonyl (C=O) groups excluding carboxylic acids is 1. The molecule has 0 bridgehead atoms. The molecule has 0 aliphatic heterocycles. The zero-order chi connectivity index (χ0) is 14.9. The normalized spacial score (nSPS) is 10.7. The third kappa shape index (κ3) is 15.4. The third-order valence-corrected chi connectivity index (χ3v) is 2.57. The first kappa shape index (κ1) is 19.3. The molecule has 0 radical (unpaired) electrons. The molecule has 20 heavy (non-hydrogen) atoms. The lowest BCUT2D eigenvalue weighted by atomic mass is 10.2. The minimum absolute atomic E-state index is 0.102. The minimum atomic E-state index is 0.102. The maximum absolute atomic E-state index is 11.3. The van der Waals surface area contributed by atoms with Gasteiger partial charge in [0.2, 0.25) is 5.91 Å². The van der Waals surface area contributed by atoms with Crippen LogP contribution in [-0.2, 0) is 19.0 Å². The van der Waals surface area contributed by atoms with Crippen LogP contribution in [0, 0.1) is 0 Å². The molecular formula is C14H30N2O4. The molecule has 0 heterocycles. The standard InChI is InChI=1S/C14H30N2O4/c1-3-4-5-14(17)16-7-9-19-11-13-20-12-10-18-8-6-15-2/h15H,3-13H2,1-2H3,(H,16,17). The van der Waals surface area contributed by atoms with E-state index in [0.29, 0.717) is 52.6 Å². The second-order valence-electron chi connectivity index (χ2n) is 4.39. The van der Waals surface area contributed by atoms with Crippen LogP contribution in [0.2, 0.25) is 0 Å². The molecule has 0 aliphatic rings. The summed E-state index contributed by atoms with van der Waals surface area (Å²) < 4.78 is 16.0. The number of unbranched alkanes of at least 4 members (excludes halogenated alkanes) is 1. The Morgan fingerprint density at radius 2 is 1.45 bits per heavy atom. The fourth-order valence-corrected chi connectivity index (χ4v) is 1.40. The summed E-state index contributed by atoms with van der Waals surface area (Å²) in [5, 5.41) is 5.82. The number of ether oxygens (including phenoxy) is 3. The zero-order valence-corrected chi connectivity index (χ0v) is 12.9. The maximum atomic E-state index is 11.3. The topological polar surface area (TPSA) is 68.8 Å². The van der Waals surface area contributed by atoms with Gasteiger partial charge in [0.1, 0.15) is 0 Å². The summed E-state index contributed by atoms with van der Waals surface area (Å²) in [6.45, 7) is 7.01. The number of amides is 1. The molecule has 0 aliphatic carbocycles. The van der Waals surface area contributed by atoms with Gasteiger partial charge in [0.15, 0.2) is 0 Å². The molecule has 0 saturated heterocycles. The van der Waals surface area contributed by atoms with Crippen molar-refractivity contribution in [3.63, 3.8) is 0 Å². The van der Waals surface area contributed by atoms with Gasteiger partial charge in [0, 0.05) is 19.5 Å². The van der Waals surface area contributed by atoms with Crippen LogP contribution in [0.3, 0.4) is 0 Å². The van der Waals surface area contributed by atoms with Crippen molar-refractivity contribution in [1.29, 1.82) is 0 Å². The average Bonchev–Trinajstić information content (AvgIpc) is 2.46. The third-order valence-electron chi connectivity index (χ3n) is 2.57. The summed E-state index contributed by atoms with van der Waals surface area (Å²) in [5.41, 5.74) is 0. The Labute approximate surface area is 122 Å². The largest absolute Gasteiger partial charge is 0.378 e. The van der Waals surface area contributed by atoms with Crippen molar-refractivity contribution in [2.45, 2.75) is 26.2 Å². The molecule has 0 saturated carbocycles. The summed E-state index contributed by atoms with van der Waals surface area (Å²) in [5.74, 6) is 0.102. The van der Waals surface area contributed by atoms with Gasteiger partial charge in [-0.05, 0) is 13.5 Å². The summed E-state index contributed by atoms with van der Waals surface area (Å²) in [4.78, 5) is 11.3. The highest BCUT2D eigenvalue weighted by atomic mass is 16.5. The molecule has 6 nitrogen and oxygen atoms in total. The predicted molar refractivity (Wildman–Crippen MR) is 78.9 cm³/mol. The van der Waals surface area contributed by atoms with Crippen molar-refractivity contribution < 1.29 is 19.0 Å². The van der Waals surface area contributed by atoms with Crippen LogP contribution in [0.1, 0.15) is 26.2 Å². The van der Waals surface area contributed by atoms with Crippen LogP contribution >= 0.6 is 0 Å². The van der Waals surface area contributed by atoms with Gasteiger partial charge in [-0.1, -0.05) is 13.3 Å². The average molecular weight is 290 g/mol. The van der Waals surface area contributed by atoms with Gasteiger partial charge in [-0.2, -0.15) is 0 Å². The Morgan fingerprint density at radius 3 is 2.00 bits per heavy atom. The van der Waals surface area contributed by atoms with Gasteiger partial charge in [-0.15, -0.1) is 0 Å². The fraction of sp³-hybridized carbons (Fsp3) is 0.929. The van der Waals surface area contributed by atoms with Gasteiger partial charge in [-0.25, -0.2) is 0 Å². The second kappa shape index (κ2) is 16.4. The quantitative estimate of drug-likeness (QED) is 0.431. The van der Waals surface area contributed by atoms with E-state index in [1.54, 1.807) is 0 Å². The SMILES string of the molecule is CCCCC(=O)NCCOCCOCCOCCNC. The highest BCUT2D eigenvalue weighted by molar-refractivity contribution is 5.75. The van der Waals surface area contributed by atoms with E-state index in [1.807, 2.05) is 7.05 Å². The number of hydrogen-bond acceptors (Lipinski definition) is 5. The minimum Gasteiger partial charge on any atom is -0.378 e. The first-order chi connectivity index (χ1) is 9.81. The first-order valence-corrected chi connectivity index (χ1v) is 7.45. The number of nitrogens with one attached hydrogen (secondary N) is 2. The molecular weight excluding hydrogens is 260 g/mol. The van der Waals surface area contributed by atoms with Crippen LogP contribution in [-0.4, -0.2) is 65.7 Å². The molecule has 6 heteroatoms. The molecule has 0 aromatic rings. The van der Waals surface area contributed by atoms with Crippen molar-refractivity contribution in [1.82, 2.24) is 10.6 Å². The summed E-state index contributed by atoms with van der Waals surface area (Å²) in [6.07, 6.45) is 2.59. The molecule has 0 spiro atoms. The Balaban J connectivity index is 3.04. The highest BCUT2D eigenvalue weighted by Gasteiger charge is 1.98. The first-order valence-electron chi connectivity index (χ1n) is 7.45. The van der Waals surface area contributed by atoms with E-state index in [-0.39, 0.29) is 5.91 Å².